The molecule has 0 bridgehead atoms. The molecule has 0 aliphatic heterocycles. The molecule has 120 valence electrons. The third-order valence-electron chi connectivity index (χ3n) is 3.78. The average Bonchev–Trinajstić information content (AvgIpc) is 2.62. The van der Waals surface area contributed by atoms with Gasteiger partial charge in [-0.3, -0.25) is 4.79 Å². The van der Waals surface area contributed by atoms with Gasteiger partial charge in [-0.1, -0.05) is 36.4 Å². The number of halogens is 2. The van der Waals surface area contributed by atoms with Crippen molar-refractivity contribution in [3.63, 3.8) is 0 Å². The first-order valence-electron chi connectivity index (χ1n) is 7.38. The van der Waals surface area contributed by atoms with Gasteiger partial charge < -0.3 is 5.11 Å². The zero-order valence-corrected chi connectivity index (χ0v) is 12.6. The molecule has 0 aliphatic rings. The van der Waals surface area contributed by atoms with Crippen LogP contribution in [0.15, 0.2) is 72.8 Å². The van der Waals surface area contributed by atoms with Crippen LogP contribution in [-0.2, 0) is 0 Å². The zero-order chi connectivity index (χ0) is 17.1. The molecule has 1 atom stereocenters. The maximum absolute atomic E-state index is 12.9. The molecule has 2 nitrogen and oxygen atoms in total. The van der Waals surface area contributed by atoms with E-state index in [0.717, 1.165) is 0 Å². The molecule has 0 spiro atoms. The molecule has 0 radical (unpaired) electrons. The zero-order valence-electron chi connectivity index (χ0n) is 12.6. The molecule has 3 aromatic rings. The first-order chi connectivity index (χ1) is 11.5. The number of carbonyl (C=O) groups is 1. The van der Waals surface area contributed by atoms with Crippen LogP contribution in [0.3, 0.4) is 0 Å². The Labute approximate surface area is 138 Å². The van der Waals surface area contributed by atoms with Gasteiger partial charge in [-0.15, -0.1) is 0 Å². The van der Waals surface area contributed by atoms with Crippen LogP contribution in [0.1, 0.15) is 33.2 Å². The van der Waals surface area contributed by atoms with Crippen LogP contribution in [-0.4, -0.2) is 10.9 Å². The molecule has 3 rings (SSSR count). The van der Waals surface area contributed by atoms with Crippen molar-refractivity contribution in [2.45, 2.75) is 6.10 Å². The van der Waals surface area contributed by atoms with Crippen molar-refractivity contribution in [3.05, 3.63) is 107 Å². The highest BCUT2D eigenvalue weighted by Crippen LogP contribution is 2.23. The van der Waals surface area contributed by atoms with Crippen molar-refractivity contribution in [2.24, 2.45) is 0 Å². The summed E-state index contributed by atoms with van der Waals surface area (Å²) in [4.78, 5) is 12.3. The van der Waals surface area contributed by atoms with Crippen molar-refractivity contribution >= 4 is 5.78 Å². The molecular formula is C20H14F2O2. The topological polar surface area (TPSA) is 37.3 Å². The summed E-state index contributed by atoms with van der Waals surface area (Å²) in [6.45, 7) is 0. The maximum atomic E-state index is 12.9. The number of aliphatic hydroxyl groups is 1. The van der Waals surface area contributed by atoms with E-state index >= 15 is 0 Å². The smallest absolute Gasteiger partial charge is 0.193 e. The second kappa shape index (κ2) is 6.72. The minimum Gasteiger partial charge on any atom is -0.384 e. The van der Waals surface area contributed by atoms with Crippen molar-refractivity contribution in [3.8, 4) is 0 Å². The second-order valence-electron chi connectivity index (χ2n) is 5.41. The van der Waals surface area contributed by atoms with Crippen LogP contribution >= 0.6 is 0 Å². The lowest BCUT2D eigenvalue weighted by atomic mass is 9.97. The molecule has 0 fully saturated rings. The first kappa shape index (κ1) is 16.0. The van der Waals surface area contributed by atoms with Gasteiger partial charge in [0.05, 0.1) is 0 Å². The van der Waals surface area contributed by atoms with E-state index < -0.39 is 11.9 Å². The van der Waals surface area contributed by atoms with Gasteiger partial charge >= 0.3 is 0 Å². The SMILES string of the molecule is O=C(c1ccc(F)cc1)c1ccc(C(O)c2ccc(F)cc2)cc1. The minimum atomic E-state index is -0.902. The lowest BCUT2D eigenvalue weighted by Crippen LogP contribution is -2.03. The van der Waals surface area contributed by atoms with Crippen molar-refractivity contribution < 1.29 is 18.7 Å². The molecule has 1 unspecified atom stereocenters. The third-order valence-corrected chi connectivity index (χ3v) is 3.78. The number of aliphatic hydroxyl groups excluding tert-OH is 1. The van der Waals surface area contributed by atoms with Crippen LogP contribution in [0.25, 0.3) is 0 Å². The quantitative estimate of drug-likeness (QED) is 0.728. The van der Waals surface area contributed by atoms with E-state index in [0.29, 0.717) is 22.3 Å². The second-order valence-corrected chi connectivity index (χ2v) is 5.41. The van der Waals surface area contributed by atoms with Crippen LogP contribution in [0.5, 0.6) is 0 Å². The molecule has 0 aromatic heterocycles. The van der Waals surface area contributed by atoms with Gasteiger partial charge in [-0.05, 0) is 47.5 Å². The third kappa shape index (κ3) is 3.39. The molecule has 0 amide bonds. The molecule has 0 heterocycles. The van der Waals surface area contributed by atoms with E-state index in [1.54, 1.807) is 24.3 Å². The predicted octanol–water partition coefficient (Wildman–Crippen LogP) is 4.28. The fourth-order valence-electron chi connectivity index (χ4n) is 2.42. The molecule has 0 aliphatic carbocycles. The Kier molecular flexibility index (Phi) is 4.49. The first-order valence-corrected chi connectivity index (χ1v) is 7.38. The minimum absolute atomic E-state index is 0.224. The van der Waals surface area contributed by atoms with Crippen LogP contribution in [0.2, 0.25) is 0 Å². The Morgan fingerprint density at radius 1 is 0.667 bits per heavy atom. The largest absolute Gasteiger partial charge is 0.384 e. The van der Waals surface area contributed by atoms with Gasteiger partial charge in [0.1, 0.15) is 17.7 Å². The molecule has 1 N–H and O–H groups in total. The van der Waals surface area contributed by atoms with Gasteiger partial charge in [0.2, 0.25) is 0 Å². The molecule has 24 heavy (non-hydrogen) atoms. The average molecular weight is 324 g/mol. The van der Waals surface area contributed by atoms with E-state index in [2.05, 4.69) is 0 Å². The number of hydrogen-bond acceptors (Lipinski definition) is 2. The van der Waals surface area contributed by atoms with E-state index in [9.17, 15) is 18.7 Å². The highest BCUT2D eigenvalue weighted by atomic mass is 19.1. The fraction of sp³-hybridized carbons (Fsp3) is 0.0500. The summed E-state index contributed by atoms with van der Waals surface area (Å²) in [7, 11) is 0. The lowest BCUT2D eigenvalue weighted by molar-refractivity contribution is 0.103. The van der Waals surface area contributed by atoms with Crippen molar-refractivity contribution in [2.75, 3.05) is 0 Å². The Balaban J connectivity index is 1.81. The maximum Gasteiger partial charge on any atom is 0.193 e. The number of carbonyl (C=O) groups excluding carboxylic acids is 1. The van der Waals surface area contributed by atoms with E-state index in [1.165, 1.54) is 48.5 Å². The Hall–Kier alpha value is -2.85. The molecule has 4 heteroatoms. The van der Waals surface area contributed by atoms with E-state index in [4.69, 9.17) is 0 Å². The monoisotopic (exact) mass is 324 g/mol. The number of rotatable bonds is 4. The Bertz CT molecular complexity index is 838. The van der Waals surface area contributed by atoms with Gasteiger partial charge in [0.25, 0.3) is 0 Å². The standard InChI is InChI=1S/C20H14F2O2/c21-17-9-5-15(6-10-17)19(23)13-1-2-14(4-3-13)20(24)16-7-11-18(22)12-8-16/h1-12,19,23H. The van der Waals surface area contributed by atoms with Crippen LogP contribution in [0, 0.1) is 11.6 Å². The summed E-state index contributed by atoms with van der Waals surface area (Å²) in [5.74, 6) is -0.992. The van der Waals surface area contributed by atoms with E-state index in [-0.39, 0.29) is 11.6 Å². The van der Waals surface area contributed by atoms with Crippen LogP contribution in [0.4, 0.5) is 8.78 Å². The Morgan fingerprint density at radius 3 is 1.46 bits per heavy atom. The van der Waals surface area contributed by atoms with Gasteiger partial charge in [0, 0.05) is 11.1 Å². The van der Waals surface area contributed by atoms with Crippen molar-refractivity contribution in [1.29, 1.82) is 0 Å². The van der Waals surface area contributed by atoms with E-state index in [1.807, 2.05) is 0 Å². The lowest BCUT2D eigenvalue weighted by Gasteiger charge is -2.12. The Morgan fingerprint density at radius 2 is 1.00 bits per heavy atom. The number of hydrogen-bond donors (Lipinski definition) is 1. The fourth-order valence-corrected chi connectivity index (χ4v) is 2.42. The summed E-state index contributed by atoms with van der Waals surface area (Å²) in [6.07, 6.45) is -0.902. The number of benzene rings is 3. The van der Waals surface area contributed by atoms with Gasteiger partial charge in [-0.2, -0.15) is 0 Å². The highest BCUT2D eigenvalue weighted by Gasteiger charge is 2.13. The molecular weight excluding hydrogens is 310 g/mol. The van der Waals surface area contributed by atoms with Crippen LogP contribution < -0.4 is 0 Å². The predicted molar refractivity (Wildman–Crippen MR) is 86.7 cm³/mol. The summed E-state index contributed by atoms with van der Waals surface area (Å²) in [5.41, 5.74) is 1.99. The normalized spacial score (nSPS) is 12.0. The number of ketones is 1. The summed E-state index contributed by atoms with van der Waals surface area (Å²) >= 11 is 0. The molecule has 0 saturated carbocycles. The summed E-state index contributed by atoms with van der Waals surface area (Å²) in [5, 5.41) is 10.3. The molecule has 3 aromatic carbocycles. The van der Waals surface area contributed by atoms with Gasteiger partial charge in [-0.25, -0.2) is 8.78 Å². The summed E-state index contributed by atoms with van der Waals surface area (Å²) < 4.78 is 25.9. The summed E-state index contributed by atoms with van der Waals surface area (Å²) in [6, 6.07) is 17.4. The van der Waals surface area contributed by atoms with Crippen molar-refractivity contribution in [1.82, 2.24) is 0 Å². The van der Waals surface area contributed by atoms with Gasteiger partial charge in [0.15, 0.2) is 5.78 Å². The highest BCUT2D eigenvalue weighted by molar-refractivity contribution is 6.08. The molecule has 0 saturated heterocycles.